The Labute approximate surface area is 147 Å². The maximum absolute atomic E-state index is 12.0. The first-order valence-electron chi connectivity index (χ1n) is 8.39. The number of aliphatic carboxylic acids is 1. The lowest BCUT2D eigenvalue weighted by molar-refractivity contribution is -0.141. The van der Waals surface area contributed by atoms with Gasteiger partial charge in [-0.25, -0.2) is 4.79 Å². The molecule has 1 amide bonds. The molecule has 0 unspecified atom stereocenters. The van der Waals surface area contributed by atoms with Crippen molar-refractivity contribution in [2.24, 2.45) is 11.7 Å². The fourth-order valence-electron chi connectivity index (χ4n) is 2.77. The SMILES string of the molecule is CC(C)C[C@@H](N)C=CC(=O)N[C@H](Cc1c[nH]c2ccccc12)C(=O)O. The van der Waals surface area contributed by atoms with Crippen LogP contribution in [-0.4, -0.2) is 34.1 Å². The van der Waals surface area contributed by atoms with E-state index in [2.05, 4.69) is 24.1 Å². The van der Waals surface area contributed by atoms with Gasteiger partial charge in [0.1, 0.15) is 6.04 Å². The third kappa shape index (κ3) is 5.46. The summed E-state index contributed by atoms with van der Waals surface area (Å²) >= 11 is 0. The first kappa shape index (κ1) is 18.7. The van der Waals surface area contributed by atoms with Crippen LogP contribution in [0, 0.1) is 5.92 Å². The molecule has 0 radical (unpaired) electrons. The molecule has 0 saturated carbocycles. The van der Waals surface area contributed by atoms with Crippen molar-refractivity contribution >= 4 is 22.8 Å². The highest BCUT2D eigenvalue weighted by atomic mass is 16.4. The zero-order valence-corrected chi connectivity index (χ0v) is 14.5. The number of amides is 1. The van der Waals surface area contributed by atoms with Crippen molar-refractivity contribution in [1.29, 1.82) is 0 Å². The van der Waals surface area contributed by atoms with Gasteiger partial charge in [0, 0.05) is 35.6 Å². The minimum atomic E-state index is -1.07. The standard InChI is InChI=1S/C19H25N3O3/c1-12(2)9-14(20)7-8-18(23)22-17(19(24)25)10-13-11-21-16-6-4-3-5-15(13)16/h3-8,11-12,14,17,21H,9-10,20H2,1-2H3,(H,22,23)(H,24,25)/t14-,17+/m0/s1. The number of nitrogens with two attached hydrogens (primary N) is 1. The van der Waals surface area contributed by atoms with Crippen LogP contribution in [0.3, 0.4) is 0 Å². The molecular formula is C19H25N3O3. The molecule has 0 aliphatic rings. The summed E-state index contributed by atoms with van der Waals surface area (Å²) < 4.78 is 0. The van der Waals surface area contributed by atoms with Gasteiger partial charge < -0.3 is 21.1 Å². The number of fused-ring (bicyclic) bond motifs is 1. The van der Waals surface area contributed by atoms with Gasteiger partial charge in [0.05, 0.1) is 0 Å². The van der Waals surface area contributed by atoms with Crippen LogP contribution >= 0.6 is 0 Å². The van der Waals surface area contributed by atoms with Gasteiger partial charge in [-0.3, -0.25) is 4.79 Å². The highest BCUT2D eigenvalue weighted by Crippen LogP contribution is 2.19. The van der Waals surface area contributed by atoms with Crippen LogP contribution in [0.5, 0.6) is 0 Å². The summed E-state index contributed by atoms with van der Waals surface area (Å²) in [7, 11) is 0. The Morgan fingerprint density at radius 2 is 2.04 bits per heavy atom. The average Bonchev–Trinajstić information content (AvgIpc) is 2.95. The zero-order chi connectivity index (χ0) is 18.4. The van der Waals surface area contributed by atoms with Gasteiger partial charge in [-0.2, -0.15) is 0 Å². The Balaban J connectivity index is 2.02. The van der Waals surface area contributed by atoms with Crippen molar-refractivity contribution in [2.45, 2.75) is 38.8 Å². The molecule has 0 saturated heterocycles. The number of carbonyl (C=O) groups excluding carboxylic acids is 1. The molecular weight excluding hydrogens is 318 g/mol. The molecule has 6 nitrogen and oxygen atoms in total. The Kier molecular flexibility index (Phi) is 6.36. The van der Waals surface area contributed by atoms with Crippen LogP contribution in [0.2, 0.25) is 0 Å². The number of aromatic amines is 1. The Hall–Kier alpha value is -2.60. The molecule has 1 heterocycles. The number of para-hydroxylation sites is 1. The zero-order valence-electron chi connectivity index (χ0n) is 14.5. The number of nitrogens with one attached hydrogen (secondary N) is 2. The average molecular weight is 343 g/mol. The number of carboxylic acids is 1. The Morgan fingerprint density at radius 1 is 1.32 bits per heavy atom. The van der Waals surface area contributed by atoms with Crippen molar-refractivity contribution < 1.29 is 14.7 Å². The van der Waals surface area contributed by atoms with Crippen molar-refractivity contribution in [3.05, 3.63) is 48.2 Å². The van der Waals surface area contributed by atoms with Gasteiger partial charge in [0.25, 0.3) is 0 Å². The predicted molar refractivity (Wildman–Crippen MR) is 98.1 cm³/mol. The third-order valence-electron chi connectivity index (χ3n) is 3.95. The smallest absolute Gasteiger partial charge is 0.326 e. The Morgan fingerprint density at radius 3 is 2.72 bits per heavy atom. The second kappa shape index (κ2) is 8.48. The molecule has 2 aromatic rings. The number of benzene rings is 1. The minimum absolute atomic E-state index is 0.205. The molecule has 2 rings (SSSR count). The largest absolute Gasteiger partial charge is 0.480 e. The Bertz CT molecular complexity index is 764. The normalized spacial score (nSPS) is 14.1. The fourth-order valence-corrected chi connectivity index (χ4v) is 2.77. The van der Waals surface area contributed by atoms with E-state index >= 15 is 0 Å². The fraction of sp³-hybridized carbons (Fsp3) is 0.368. The van der Waals surface area contributed by atoms with E-state index in [0.29, 0.717) is 5.92 Å². The highest BCUT2D eigenvalue weighted by Gasteiger charge is 2.21. The van der Waals surface area contributed by atoms with Gasteiger partial charge in [-0.05, 0) is 24.0 Å². The molecule has 5 N–H and O–H groups in total. The lowest BCUT2D eigenvalue weighted by atomic mass is 10.0. The summed E-state index contributed by atoms with van der Waals surface area (Å²) in [5, 5.41) is 12.9. The number of carbonyl (C=O) groups is 2. The minimum Gasteiger partial charge on any atom is -0.480 e. The summed E-state index contributed by atoms with van der Waals surface area (Å²) in [6.07, 6.45) is 5.68. The maximum atomic E-state index is 12.0. The maximum Gasteiger partial charge on any atom is 0.326 e. The summed E-state index contributed by atoms with van der Waals surface area (Å²) in [5.41, 5.74) is 7.69. The van der Waals surface area contributed by atoms with Crippen molar-refractivity contribution in [1.82, 2.24) is 10.3 Å². The number of hydrogen-bond acceptors (Lipinski definition) is 3. The van der Waals surface area contributed by atoms with E-state index in [1.165, 1.54) is 6.08 Å². The first-order chi connectivity index (χ1) is 11.9. The van der Waals surface area contributed by atoms with E-state index in [0.717, 1.165) is 22.9 Å². The molecule has 6 heteroatoms. The number of aromatic nitrogens is 1. The van der Waals surface area contributed by atoms with Crippen LogP contribution in [0.15, 0.2) is 42.6 Å². The molecule has 1 aromatic heterocycles. The molecule has 2 atom stereocenters. The van der Waals surface area contributed by atoms with E-state index < -0.39 is 17.9 Å². The topological polar surface area (TPSA) is 108 Å². The summed E-state index contributed by atoms with van der Waals surface area (Å²) in [6, 6.07) is 6.43. The molecule has 134 valence electrons. The van der Waals surface area contributed by atoms with Gasteiger partial charge in [0.15, 0.2) is 0 Å². The van der Waals surface area contributed by atoms with Gasteiger partial charge in [-0.1, -0.05) is 38.1 Å². The number of rotatable bonds is 8. The van der Waals surface area contributed by atoms with Crippen LogP contribution in [0.25, 0.3) is 10.9 Å². The second-order valence-corrected chi connectivity index (χ2v) is 6.62. The molecule has 0 spiro atoms. The monoisotopic (exact) mass is 343 g/mol. The first-order valence-corrected chi connectivity index (χ1v) is 8.39. The molecule has 1 aromatic carbocycles. The van der Waals surface area contributed by atoms with E-state index in [9.17, 15) is 14.7 Å². The van der Waals surface area contributed by atoms with Gasteiger partial charge in [0.2, 0.25) is 5.91 Å². The lowest BCUT2D eigenvalue weighted by Crippen LogP contribution is -2.41. The third-order valence-corrected chi connectivity index (χ3v) is 3.95. The second-order valence-electron chi connectivity index (χ2n) is 6.62. The summed E-state index contributed by atoms with van der Waals surface area (Å²) in [5.74, 6) is -1.10. The highest BCUT2D eigenvalue weighted by molar-refractivity contribution is 5.91. The van der Waals surface area contributed by atoms with Crippen molar-refractivity contribution in [3.63, 3.8) is 0 Å². The molecule has 0 aliphatic carbocycles. The van der Waals surface area contributed by atoms with Gasteiger partial charge >= 0.3 is 5.97 Å². The van der Waals surface area contributed by atoms with E-state index in [4.69, 9.17) is 5.73 Å². The quantitative estimate of drug-likeness (QED) is 0.551. The van der Waals surface area contributed by atoms with E-state index in [-0.39, 0.29) is 12.5 Å². The van der Waals surface area contributed by atoms with E-state index in [1.807, 2.05) is 24.3 Å². The van der Waals surface area contributed by atoms with Crippen molar-refractivity contribution in [3.8, 4) is 0 Å². The lowest BCUT2D eigenvalue weighted by Gasteiger charge is -2.13. The molecule has 0 bridgehead atoms. The predicted octanol–water partition coefficient (Wildman–Crippen LogP) is 2.21. The van der Waals surface area contributed by atoms with Crippen molar-refractivity contribution in [2.75, 3.05) is 0 Å². The number of H-pyrrole nitrogens is 1. The van der Waals surface area contributed by atoms with Crippen LogP contribution in [0.1, 0.15) is 25.8 Å². The van der Waals surface area contributed by atoms with Crippen LogP contribution in [-0.2, 0) is 16.0 Å². The number of carboxylic acid groups (broad SMARTS) is 1. The van der Waals surface area contributed by atoms with E-state index in [1.54, 1.807) is 12.3 Å². The summed E-state index contributed by atoms with van der Waals surface area (Å²) in [4.78, 5) is 26.6. The molecule has 0 fully saturated rings. The number of hydrogen-bond donors (Lipinski definition) is 4. The molecule has 0 aliphatic heterocycles. The molecule has 25 heavy (non-hydrogen) atoms. The van der Waals surface area contributed by atoms with Crippen LogP contribution < -0.4 is 11.1 Å². The van der Waals surface area contributed by atoms with Gasteiger partial charge in [-0.15, -0.1) is 0 Å². The van der Waals surface area contributed by atoms with Crippen LogP contribution in [0.4, 0.5) is 0 Å². The summed E-state index contributed by atoms with van der Waals surface area (Å²) in [6.45, 7) is 4.10.